The fraction of sp³-hybridized carbons (Fsp3) is 0.200. The van der Waals surface area contributed by atoms with Crippen LogP contribution in [0.25, 0.3) is 12.3 Å². The Bertz CT molecular complexity index is 337. The molecule has 0 saturated heterocycles. The van der Waals surface area contributed by atoms with Gasteiger partial charge >= 0.3 is 32.3 Å². The van der Waals surface area contributed by atoms with E-state index >= 15 is 0 Å². The predicted octanol–water partition coefficient (Wildman–Crippen LogP) is -1.37. The molecule has 0 aliphatic carbocycles. The van der Waals surface area contributed by atoms with Crippen LogP contribution in [0.3, 0.4) is 0 Å². The number of rotatable bonds is 1. The van der Waals surface area contributed by atoms with Gasteiger partial charge in [-0.05, 0) is 0 Å². The molecule has 1 aromatic rings. The molecule has 0 unspecified atom stereocenters. The zero-order valence-electron chi connectivity index (χ0n) is 7.51. The first-order chi connectivity index (χ1) is 4.74. The van der Waals surface area contributed by atoms with Crippen molar-refractivity contribution in [3.05, 3.63) is 40.1 Å². The molecular formula is C5H14N4O5Pt. The largest absolute Gasteiger partial charge is 2.00 e. The average molecular weight is 405 g/mol. The molecule has 0 aliphatic heterocycles. The van der Waals surface area contributed by atoms with Crippen molar-refractivity contribution >= 4 is 0 Å². The molecule has 0 bridgehead atoms. The van der Waals surface area contributed by atoms with E-state index in [4.69, 9.17) is 9.90 Å². The first-order valence-electron chi connectivity index (χ1n) is 2.67. The minimum absolute atomic E-state index is 0. The molecule has 94 valence electrons. The standard InChI is InChI=1S/C5H6N2O3.2H2N.2H2O.Pt/c8-2-3-1-6-5(10)7-4(3)9;;;;;/h1,8H,2H2,(H2,6,7,9,10);4*1H2;/q;2*-1;;;+2. The normalized spacial score (nSPS) is 6.47. The molecule has 15 heavy (non-hydrogen) atoms. The topological polar surface area (TPSA) is 219 Å². The van der Waals surface area contributed by atoms with Crippen LogP contribution in [-0.4, -0.2) is 30.8 Å². The molecule has 0 atom stereocenters. The van der Waals surface area contributed by atoms with Crippen LogP contribution in [-0.2, 0) is 27.7 Å². The van der Waals surface area contributed by atoms with Crippen molar-refractivity contribution in [1.82, 2.24) is 9.97 Å². The summed E-state index contributed by atoms with van der Waals surface area (Å²) in [5.41, 5.74) is -0.541. The van der Waals surface area contributed by atoms with Gasteiger partial charge in [0.15, 0.2) is 0 Å². The van der Waals surface area contributed by atoms with E-state index < -0.39 is 5.69 Å². The van der Waals surface area contributed by atoms with E-state index in [0.717, 1.165) is 0 Å². The molecule has 1 heterocycles. The third-order valence-electron chi connectivity index (χ3n) is 1.08. The summed E-state index contributed by atoms with van der Waals surface area (Å²) >= 11 is 0. The first-order valence-corrected chi connectivity index (χ1v) is 2.67. The Labute approximate surface area is 99.0 Å². The second kappa shape index (κ2) is 13.2. The summed E-state index contributed by atoms with van der Waals surface area (Å²) in [5.74, 6) is 0. The number of aliphatic hydroxyl groups is 1. The van der Waals surface area contributed by atoms with Gasteiger partial charge in [-0.15, -0.1) is 0 Å². The van der Waals surface area contributed by atoms with E-state index in [1.807, 2.05) is 0 Å². The van der Waals surface area contributed by atoms with Crippen LogP contribution in [0.15, 0.2) is 11.0 Å². The van der Waals surface area contributed by atoms with Crippen LogP contribution >= 0.6 is 0 Å². The van der Waals surface area contributed by atoms with E-state index in [-0.39, 0.29) is 62.0 Å². The quantitative estimate of drug-likeness (QED) is 0.482. The minimum atomic E-state index is -0.505. The maximum absolute atomic E-state index is 10.4. The molecule has 0 saturated carbocycles. The molecule has 0 fully saturated rings. The molecule has 0 amide bonds. The van der Waals surface area contributed by atoms with Crippen LogP contribution < -0.4 is 11.2 Å². The second-order valence-electron chi connectivity index (χ2n) is 1.77. The summed E-state index contributed by atoms with van der Waals surface area (Å²) in [6, 6.07) is 0. The van der Waals surface area contributed by atoms with E-state index in [0.29, 0.717) is 0 Å². The van der Waals surface area contributed by atoms with Gasteiger partial charge in [-0.25, -0.2) is 9.78 Å². The molecule has 11 N–H and O–H groups in total. The summed E-state index contributed by atoms with van der Waals surface area (Å²) in [5, 5.41) is 8.51. The third-order valence-corrected chi connectivity index (χ3v) is 1.08. The maximum Gasteiger partial charge on any atom is 2.00 e. The molecule has 9 nitrogen and oxygen atoms in total. The van der Waals surface area contributed by atoms with Gasteiger partial charge in [0.25, 0.3) is 0 Å². The Kier molecular flexibility index (Phi) is 25.7. The first kappa shape index (κ1) is 29.2. The molecule has 1 rings (SSSR count). The number of nitrogens with two attached hydrogens (primary N) is 2. The smallest absolute Gasteiger partial charge is 0.870 e. The van der Waals surface area contributed by atoms with Crippen molar-refractivity contribution in [2.24, 2.45) is 0 Å². The Balaban J connectivity index is -0.0000000667. The average Bonchev–Trinajstić information content (AvgIpc) is 1.88. The second-order valence-corrected chi connectivity index (χ2v) is 1.77. The summed E-state index contributed by atoms with van der Waals surface area (Å²) in [6.07, 6.45) is 1.24. The van der Waals surface area contributed by atoms with E-state index in [1.165, 1.54) is 6.20 Å². The maximum atomic E-state index is 10.4. The van der Waals surface area contributed by atoms with Crippen LogP contribution in [0.2, 0.25) is 0 Å². The number of hydrogen-bond donors (Lipinski definition) is 3. The number of aromatic nitrogens is 2. The van der Waals surface area contributed by atoms with Gasteiger partial charge in [-0.1, -0.05) is 0 Å². The molecule has 0 spiro atoms. The number of hydrogen-bond acceptors (Lipinski definition) is 3. The minimum Gasteiger partial charge on any atom is -0.870 e. The van der Waals surface area contributed by atoms with Crippen molar-refractivity contribution in [1.29, 1.82) is 0 Å². The summed E-state index contributed by atoms with van der Waals surface area (Å²) < 4.78 is 0. The fourth-order valence-electron chi connectivity index (χ4n) is 0.565. The summed E-state index contributed by atoms with van der Waals surface area (Å²) in [4.78, 5) is 23.6. The van der Waals surface area contributed by atoms with Crippen LogP contribution in [0.5, 0.6) is 0 Å². The molecule has 1 aromatic heterocycles. The molecular weight excluding hydrogens is 391 g/mol. The Morgan fingerprint density at radius 3 is 2.20 bits per heavy atom. The van der Waals surface area contributed by atoms with Crippen molar-refractivity contribution in [2.45, 2.75) is 6.61 Å². The monoisotopic (exact) mass is 405 g/mol. The van der Waals surface area contributed by atoms with Gasteiger partial charge in [-0.3, -0.25) is 4.79 Å². The molecule has 0 radical (unpaired) electrons. The van der Waals surface area contributed by atoms with Crippen LogP contribution in [0, 0.1) is 0 Å². The Morgan fingerprint density at radius 1 is 1.40 bits per heavy atom. The van der Waals surface area contributed by atoms with Gasteiger partial charge < -0.3 is 33.3 Å². The van der Waals surface area contributed by atoms with Crippen molar-refractivity contribution in [3.63, 3.8) is 0 Å². The van der Waals surface area contributed by atoms with Gasteiger partial charge in [-0.2, -0.15) is 0 Å². The fourth-order valence-corrected chi connectivity index (χ4v) is 0.565. The predicted molar refractivity (Wildman–Crippen MR) is 48.5 cm³/mol. The summed E-state index contributed by atoms with van der Waals surface area (Å²) in [7, 11) is 0. The number of nitrogens with one attached hydrogen (secondary N) is 2. The number of aliphatic hydroxyl groups excluding tert-OH is 1. The zero-order valence-corrected chi connectivity index (χ0v) is 9.78. The van der Waals surface area contributed by atoms with E-state index in [2.05, 4.69) is 9.97 Å². The van der Waals surface area contributed by atoms with Gasteiger partial charge in [0.2, 0.25) is 0 Å². The van der Waals surface area contributed by atoms with Crippen molar-refractivity contribution < 1.29 is 41.9 Å². The Hall–Kier alpha value is -0.832. The number of aromatic amines is 2. The van der Waals surface area contributed by atoms with Gasteiger partial charge in [0.1, 0.15) is 5.56 Å². The zero-order chi connectivity index (χ0) is 7.56. The van der Waals surface area contributed by atoms with Crippen LogP contribution in [0.4, 0.5) is 0 Å². The summed E-state index contributed by atoms with van der Waals surface area (Å²) in [6.45, 7) is -0.306. The van der Waals surface area contributed by atoms with Crippen LogP contribution in [0.1, 0.15) is 5.56 Å². The van der Waals surface area contributed by atoms with Crippen molar-refractivity contribution in [3.8, 4) is 0 Å². The molecule has 0 aromatic carbocycles. The Morgan fingerprint density at radius 2 is 1.87 bits per heavy atom. The third kappa shape index (κ3) is 8.18. The van der Waals surface area contributed by atoms with Crippen molar-refractivity contribution in [2.75, 3.05) is 0 Å². The van der Waals surface area contributed by atoms with E-state index in [9.17, 15) is 4.79 Å². The van der Waals surface area contributed by atoms with Gasteiger partial charge in [0, 0.05) is 6.20 Å². The molecule has 0 aliphatic rings. The number of H-pyrrole nitrogens is 2. The SMILES string of the molecule is O.O=c1[nH]cc(CO)c(=[OH+])[nH]1.[NH2-].[NH2-].[OH-].[Pt+2]. The van der Waals surface area contributed by atoms with Gasteiger partial charge in [0.05, 0.1) is 6.61 Å². The van der Waals surface area contributed by atoms with E-state index in [1.54, 1.807) is 0 Å². The molecule has 10 heteroatoms.